The van der Waals surface area contributed by atoms with Gasteiger partial charge in [-0.1, -0.05) is 37.3 Å². The number of rotatable bonds is 6. The highest BCUT2D eigenvalue weighted by atomic mass is 19.1. The lowest BCUT2D eigenvalue weighted by Crippen LogP contribution is -2.18. The van der Waals surface area contributed by atoms with E-state index in [1.807, 2.05) is 24.3 Å². The van der Waals surface area contributed by atoms with Crippen LogP contribution in [0.2, 0.25) is 0 Å². The van der Waals surface area contributed by atoms with Crippen LogP contribution in [0.25, 0.3) is 22.2 Å². The Balaban J connectivity index is 1.67. The molecule has 0 aromatic heterocycles. The lowest BCUT2D eigenvalue weighted by atomic mass is 10.1. The lowest BCUT2D eigenvalue weighted by molar-refractivity contribution is 0.102. The Morgan fingerprint density at radius 1 is 1.07 bits per heavy atom. The molecule has 1 N–H and O–H groups in total. The number of hydrogen-bond donors (Lipinski definition) is 1. The first-order valence-corrected chi connectivity index (χ1v) is 10.1. The van der Waals surface area contributed by atoms with Crippen molar-refractivity contribution in [1.82, 2.24) is 9.88 Å². The molecule has 2 aliphatic rings. The molecular formula is C25H24FN3O. The molecule has 1 amide bonds. The number of benzene rings is 2. The number of para-hydroxylation sites is 1. The third-order valence-electron chi connectivity index (χ3n) is 5.16. The summed E-state index contributed by atoms with van der Waals surface area (Å²) in [5.41, 5.74) is 5.12. The molecule has 2 aromatic rings. The van der Waals surface area contributed by atoms with Crippen molar-refractivity contribution in [3.05, 3.63) is 83.7 Å². The second-order valence-electron chi connectivity index (χ2n) is 7.55. The number of anilines is 1. The first-order chi connectivity index (χ1) is 14.5. The fourth-order valence-corrected chi connectivity index (χ4v) is 3.75. The molecule has 152 valence electrons. The molecule has 0 bridgehead atoms. The summed E-state index contributed by atoms with van der Waals surface area (Å²) in [4.78, 5) is 19.7. The van der Waals surface area contributed by atoms with Gasteiger partial charge in [-0.3, -0.25) is 4.79 Å². The molecule has 30 heavy (non-hydrogen) atoms. The number of carbonyl (C=O) groups is 1. The van der Waals surface area contributed by atoms with Crippen molar-refractivity contribution in [1.29, 1.82) is 0 Å². The monoisotopic (exact) mass is 401 g/mol. The van der Waals surface area contributed by atoms with Gasteiger partial charge in [-0.2, -0.15) is 0 Å². The maximum Gasteiger partial charge on any atom is 0.255 e. The Bertz CT molecular complexity index is 1160. The van der Waals surface area contributed by atoms with Crippen LogP contribution in [0.3, 0.4) is 0 Å². The summed E-state index contributed by atoms with van der Waals surface area (Å²) in [6.45, 7) is 4.05. The zero-order valence-corrected chi connectivity index (χ0v) is 17.2. The SMILES string of the molecule is CCCN(C)Cc1cccc2c3cccc(NC(=O)c4ccc(F)cc4)cc-3nc12. The molecule has 1 heterocycles. The summed E-state index contributed by atoms with van der Waals surface area (Å²) in [7, 11) is 2.12. The van der Waals surface area contributed by atoms with E-state index in [2.05, 4.69) is 42.4 Å². The van der Waals surface area contributed by atoms with Gasteiger partial charge in [0.2, 0.25) is 0 Å². The molecule has 0 unspecified atom stereocenters. The Kier molecular flexibility index (Phi) is 5.72. The van der Waals surface area contributed by atoms with Gasteiger partial charge in [-0.15, -0.1) is 0 Å². The molecule has 4 nitrogen and oxygen atoms in total. The molecule has 1 aliphatic heterocycles. The van der Waals surface area contributed by atoms with E-state index in [1.165, 1.54) is 29.8 Å². The van der Waals surface area contributed by atoms with Crippen molar-refractivity contribution in [2.45, 2.75) is 19.9 Å². The molecule has 5 heteroatoms. The van der Waals surface area contributed by atoms with Crippen molar-refractivity contribution in [2.24, 2.45) is 0 Å². The summed E-state index contributed by atoms with van der Waals surface area (Å²) in [6.07, 6.45) is 1.11. The van der Waals surface area contributed by atoms with Crippen molar-refractivity contribution >= 4 is 22.5 Å². The quantitative estimate of drug-likeness (QED) is 0.459. The van der Waals surface area contributed by atoms with E-state index >= 15 is 0 Å². The maximum absolute atomic E-state index is 13.1. The van der Waals surface area contributed by atoms with Crippen LogP contribution < -0.4 is 5.32 Å². The molecule has 2 aromatic carbocycles. The van der Waals surface area contributed by atoms with Crippen LogP contribution in [-0.4, -0.2) is 29.4 Å². The summed E-state index contributed by atoms with van der Waals surface area (Å²) in [5.74, 6) is -0.653. The van der Waals surface area contributed by atoms with Crippen molar-refractivity contribution < 1.29 is 9.18 Å². The van der Waals surface area contributed by atoms with Gasteiger partial charge in [0.25, 0.3) is 5.91 Å². The van der Waals surface area contributed by atoms with Crippen molar-refractivity contribution in [3.63, 3.8) is 0 Å². The molecule has 0 radical (unpaired) electrons. The lowest BCUT2D eigenvalue weighted by Gasteiger charge is -2.15. The Labute approximate surface area is 175 Å². The van der Waals surface area contributed by atoms with Crippen LogP contribution >= 0.6 is 0 Å². The van der Waals surface area contributed by atoms with Gasteiger partial charge >= 0.3 is 0 Å². The zero-order chi connectivity index (χ0) is 21.1. The fourth-order valence-electron chi connectivity index (χ4n) is 3.75. The number of halogens is 1. The molecule has 0 saturated heterocycles. The number of amides is 1. The highest BCUT2D eigenvalue weighted by Crippen LogP contribution is 2.33. The molecule has 0 spiro atoms. The van der Waals surface area contributed by atoms with E-state index < -0.39 is 0 Å². The Morgan fingerprint density at radius 2 is 1.83 bits per heavy atom. The topological polar surface area (TPSA) is 45.2 Å². The summed E-state index contributed by atoms with van der Waals surface area (Å²) in [6, 6.07) is 19.4. The van der Waals surface area contributed by atoms with E-state index in [-0.39, 0.29) is 11.7 Å². The maximum atomic E-state index is 13.1. The van der Waals surface area contributed by atoms with Crippen LogP contribution in [0.1, 0.15) is 29.3 Å². The Hall–Kier alpha value is -3.31. The van der Waals surface area contributed by atoms with Crippen LogP contribution in [0, 0.1) is 5.82 Å². The van der Waals surface area contributed by atoms with Gasteiger partial charge in [-0.05, 0) is 62.0 Å². The van der Waals surface area contributed by atoms with E-state index in [0.717, 1.165) is 41.7 Å². The summed E-state index contributed by atoms with van der Waals surface area (Å²) >= 11 is 0. The van der Waals surface area contributed by atoms with Gasteiger partial charge in [0.15, 0.2) is 0 Å². The number of nitrogens with one attached hydrogen (secondary N) is 1. The highest BCUT2D eigenvalue weighted by Gasteiger charge is 2.15. The summed E-state index contributed by atoms with van der Waals surface area (Å²) < 4.78 is 13.1. The minimum absolute atomic E-state index is 0.285. The largest absolute Gasteiger partial charge is 0.322 e. The van der Waals surface area contributed by atoms with Gasteiger partial charge in [0.1, 0.15) is 5.82 Å². The highest BCUT2D eigenvalue weighted by molar-refractivity contribution is 6.05. The van der Waals surface area contributed by atoms with E-state index in [0.29, 0.717) is 11.3 Å². The van der Waals surface area contributed by atoms with Gasteiger partial charge < -0.3 is 10.2 Å². The number of nitrogens with zero attached hydrogens (tertiary/aromatic N) is 2. The smallest absolute Gasteiger partial charge is 0.255 e. The molecular weight excluding hydrogens is 377 g/mol. The third-order valence-corrected chi connectivity index (χ3v) is 5.16. The van der Waals surface area contributed by atoms with Crippen LogP contribution in [0.5, 0.6) is 0 Å². The predicted molar refractivity (Wildman–Crippen MR) is 119 cm³/mol. The van der Waals surface area contributed by atoms with E-state index in [9.17, 15) is 9.18 Å². The average Bonchev–Trinajstić information content (AvgIpc) is 2.94. The second kappa shape index (κ2) is 8.59. The number of hydrogen-bond acceptors (Lipinski definition) is 3. The van der Waals surface area contributed by atoms with Crippen molar-refractivity contribution in [3.8, 4) is 11.3 Å². The molecule has 1 aliphatic carbocycles. The van der Waals surface area contributed by atoms with Crippen LogP contribution in [-0.2, 0) is 6.54 Å². The van der Waals surface area contributed by atoms with Crippen LogP contribution in [0.15, 0.2) is 66.7 Å². The van der Waals surface area contributed by atoms with Gasteiger partial charge in [-0.25, -0.2) is 9.37 Å². The van der Waals surface area contributed by atoms with Gasteiger partial charge in [0, 0.05) is 28.7 Å². The third kappa shape index (κ3) is 4.16. The molecule has 0 saturated carbocycles. The first kappa shape index (κ1) is 20.0. The minimum Gasteiger partial charge on any atom is -0.322 e. The zero-order valence-electron chi connectivity index (χ0n) is 17.2. The molecule has 0 atom stereocenters. The number of fused-ring (bicyclic) bond motifs is 3. The second-order valence-corrected chi connectivity index (χ2v) is 7.55. The minimum atomic E-state index is -0.368. The van der Waals surface area contributed by atoms with Gasteiger partial charge in [0.05, 0.1) is 11.2 Å². The number of carbonyl (C=O) groups excluding carboxylic acids is 1. The normalized spacial score (nSPS) is 11.3. The number of aromatic nitrogens is 1. The molecule has 0 fully saturated rings. The Morgan fingerprint density at radius 3 is 2.60 bits per heavy atom. The fraction of sp³-hybridized carbons (Fsp3) is 0.200. The van der Waals surface area contributed by atoms with Crippen molar-refractivity contribution in [2.75, 3.05) is 18.9 Å². The van der Waals surface area contributed by atoms with E-state index in [1.54, 1.807) is 0 Å². The first-order valence-electron chi connectivity index (χ1n) is 10.1. The van der Waals surface area contributed by atoms with E-state index in [4.69, 9.17) is 4.98 Å². The predicted octanol–water partition coefficient (Wildman–Crippen LogP) is 5.57. The standard InChI is InChI=1S/C25H24FN3O/c1-3-14-29(2)16-18-6-4-9-22-21-8-5-7-20(15-23(21)28-24(18)22)27-25(30)17-10-12-19(26)13-11-17/h4-13,15H,3,14,16H2,1-2H3,(H,27,30). The summed E-state index contributed by atoms with van der Waals surface area (Å²) in [5, 5.41) is 4.00. The molecule has 4 rings (SSSR count). The average molecular weight is 401 g/mol. The van der Waals surface area contributed by atoms with Crippen LogP contribution in [0.4, 0.5) is 10.1 Å².